The molecule has 1 aromatic rings. The minimum absolute atomic E-state index is 0.0329. The van der Waals surface area contributed by atoms with Crippen molar-refractivity contribution in [2.75, 3.05) is 13.2 Å². The van der Waals surface area contributed by atoms with Gasteiger partial charge in [0.15, 0.2) is 5.41 Å². The van der Waals surface area contributed by atoms with E-state index in [1.54, 1.807) is 13.8 Å². The quantitative estimate of drug-likeness (QED) is 0.259. The van der Waals surface area contributed by atoms with Gasteiger partial charge in [0.25, 0.3) is 0 Å². The topological polar surface area (TPSA) is 52.6 Å². The summed E-state index contributed by atoms with van der Waals surface area (Å²) >= 11 is 6.47. The van der Waals surface area contributed by atoms with E-state index in [1.165, 1.54) is 25.7 Å². The third-order valence-electron chi connectivity index (χ3n) is 6.98. The average Bonchev–Trinajstić information content (AvgIpc) is 3.09. The largest absolute Gasteiger partial charge is 0.465 e. The van der Waals surface area contributed by atoms with Crippen LogP contribution in [-0.4, -0.2) is 25.2 Å². The van der Waals surface area contributed by atoms with Crippen molar-refractivity contribution < 1.29 is 19.1 Å². The van der Waals surface area contributed by atoms with Gasteiger partial charge in [0.2, 0.25) is 0 Å². The van der Waals surface area contributed by atoms with E-state index in [0.29, 0.717) is 11.4 Å². The molecule has 0 N–H and O–H groups in total. The molecule has 1 saturated carbocycles. The zero-order valence-electron chi connectivity index (χ0n) is 20.0. The SMILES string of the molecule is CCOC(=O)C1(C(=O)OCC)C/C(=C/c2ccccc2Cl)[C@H]2/C=C/CCCCCCCC[C@@H]21. The Kier molecular flexibility index (Phi) is 9.61. The minimum atomic E-state index is -1.32. The van der Waals surface area contributed by atoms with Gasteiger partial charge in [0, 0.05) is 10.9 Å². The average molecular weight is 473 g/mol. The van der Waals surface area contributed by atoms with Crippen LogP contribution in [0.1, 0.15) is 77.2 Å². The minimum Gasteiger partial charge on any atom is -0.465 e. The highest BCUT2D eigenvalue weighted by molar-refractivity contribution is 6.32. The normalized spacial score (nSPS) is 25.4. The lowest BCUT2D eigenvalue weighted by molar-refractivity contribution is -0.175. The molecule has 33 heavy (non-hydrogen) atoms. The number of hydrogen-bond donors (Lipinski definition) is 0. The molecule has 180 valence electrons. The first-order valence-electron chi connectivity index (χ1n) is 12.5. The van der Waals surface area contributed by atoms with Crippen molar-refractivity contribution in [1.82, 2.24) is 0 Å². The fourth-order valence-corrected chi connectivity index (χ4v) is 5.58. The number of fused-ring (bicyclic) bond motifs is 1. The van der Waals surface area contributed by atoms with Crippen molar-refractivity contribution in [3.63, 3.8) is 0 Å². The number of ether oxygens (including phenoxy) is 2. The van der Waals surface area contributed by atoms with Gasteiger partial charge in [-0.2, -0.15) is 0 Å². The Bertz CT molecular complexity index is 854. The Balaban J connectivity index is 2.13. The van der Waals surface area contributed by atoms with Crippen LogP contribution in [0, 0.1) is 17.3 Å². The van der Waals surface area contributed by atoms with Crippen LogP contribution >= 0.6 is 11.6 Å². The predicted octanol–water partition coefficient (Wildman–Crippen LogP) is 7.16. The van der Waals surface area contributed by atoms with Gasteiger partial charge >= 0.3 is 11.9 Å². The van der Waals surface area contributed by atoms with Crippen LogP contribution < -0.4 is 0 Å². The summed E-state index contributed by atoms with van der Waals surface area (Å²) in [5.41, 5.74) is 0.622. The number of esters is 2. The molecule has 0 saturated heterocycles. The molecule has 5 heteroatoms. The van der Waals surface area contributed by atoms with E-state index in [2.05, 4.69) is 18.2 Å². The van der Waals surface area contributed by atoms with E-state index in [9.17, 15) is 9.59 Å². The Morgan fingerprint density at radius 2 is 1.64 bits per heavy atom. The molecule has 0 aliphatic heterocycles. The third kappa shape index (κ3) is 5.90. The summed E-state index contributed by atoms with van der Waals surface area (Å²) in [5, 5.41) is 0.656. The second kappa shape index (κ2) is 12.4. The van der Waals surface area contributed by atoms with Gasteiger partial charge in [0.1, 0.15) is 0 Å². The Morgan fingerprint density at radius 3 is 2.30 bits per heavy atom. The fraction of sp³-hybridized carbons (Fsp3) is 0.571. The van der Waals surface area contributed by atoms with Gasteiger partial charge in [-0.1, -0.05) is 85.7 Å². The fourth-order valence-electron chi connectivity index (χ4n) is 5.39. The van der Waals surface area contributed by atoms with Crippen molar-refractivity contribution in [2.24, 2.45) is 17.3 Å². The number of hydrogen-bond acceptors (Lipinski definition) is 4. The van der Waals surface area contributed by atoms with Gasteiger partial charge in [-0.25, -0.2) is 0 Å². The highest BCUT2D eigenvalue weighted by Gasteiger charge is 2.61. The van der Waals surface area contributed by atoms with E-state index < -0.39 is 17.4 Å². The molecule has 1 fully saturated rings. The standard InChI is InChI=1S/C28H37ClO4/c1-3-32-26(30)28(27(31)33-4-2)20-22(19-21-15-13-14-18-25(21)29)23-16-11-9-7-5-6-8-10-12-17-24(23)28/h11,13-16,18-19,23-24H,3-10,12,17,20H2,1-2H3/b16-11+,22-19-/t23-,24+/m1/s1. The number of carbonyl (C=O) groups excluding carboxylic acids is 2. The summed E-state index contributed by atoms with van der Waals surface area (Å²) in [7, 11) is 0. The molecule has 0 radical (unpaired) electrons. The molecule has 4 nitrogen and oxygen atoms in total. The number of carbonyl (C=O) groups is 2. The van der Waals surface area contributed by atoms with E-state index in [-0.39, 0.29) is 25.0 Å². The van der Waals surface area contributed by atoms with Crippen LogP contribution in [-0.2, 0) is 19.1 Å². The third-order valence-corrected chi connectivity index (χ3v) is 7.33. The van der Waals surface area contributed by atoms with Crippen LogP contribution in [0.25, 0.3) is 6.08 Å². The maximum absolute atomic E-state index is 13.5. The summed E-state index contributed by atoms with van der Waals surface area (Å²) in [4.78, 5) is 27.0. The maximum Gasteiger partial charge on any atom is 0.324 e. The summed E-state index contributed by atoms with van der Waals surface area (Å²) in [6.45, 7) is 4.03. The predicted molar refractivity (Wildman–Crippen MR) is 133 cm³/mol. The lowest BCUT2D eigenvalue weighted by atomic mass is 9.72. The van der Waals surface area contributed by atoms with Crippen LogP contribution in [0.4, 0.5) is 0 Å². The van der Waals surface area contributed by atoms with E-state index in [1.807, 2.05) is 24.3 Å². The molecule has 0 spiro atoms. The van der Waals surface area contributed by atoms with E-state index >= 15 is 0 Å². The molecule has 0 amide bonds. The van der Waals surface area contributed by atoms with E-state index in [4.69, 9.17) is 21.1 Å². The zero-order valence-corrected chi connectivity index (χ0v) is 20.7. The summed E-state index contributed by atoms with van der Waals surface area (Å²) in [5.74, 6) is -1.14. The second-order valence-electron chi connectivity index (χ2n) is 9.09. The Morgan fingerprint density at radius 1 is 1.00 bits per heavy atom. The summed E-state index contributed by atoms with van der Waals surface area (Å²) in [6, 6.07) is 7.68. The molecular formula is C28H37ClO4. The zero-order chi connectivity index (χ0) is 23.7. The lowest BCUT2D eigenvalue weighted by Gasteiger charge is -2.32. The molecule has 0 aromatic heterocycles. The number of halogens is 1. The highest BCUT2D eigenvalue weighted by atomic mass is 35.5. The first kappa shape index (κ1) is 25.6. The smallest absolute Gasteiger partial charge is 0.324 e. The number of allylic oxidation sites excluding steroid dienone is 3. The molecule has 2 atom stereocenters. The molecule has 3 rings (SSSR count). The van der Waals surface area contributed by atoms with Gasteiger partial charge in [-0.3, -0.25) is 9.59 Å². The van der Waals surface area contributed by atoms with Gasteiger partial charge in [0.05, 0.1) is 13.2 Å². The first-order valence-corrected chi connectivity index (χ1v) is 12.9. The molecule has 1 aromatic carbocycles. The van der Waals surface area contributed by atoms with Gasteiger partial charge in [-0.15, -0.1) is 0 Å². The van der Waals surface area contributed by atoms with Crippen molar-refractivity contribution in [3.05, 3.63) is 52.6 Å². The Labute approximate surface area is 203 Å². The van der Waals surface area contributed by atoms with Crippen molar-refractivity contribution in [3.8, 4) is 0 Å². The van der Waals surface area contributed by atoms with Crippen LogP contribution in [0.5, 0.6) is 0 Å². The van der Waals surface area contributed by atoms with Gasteiger partial charge in [-0.05, 0) is 57.1 Å². The number of benzene rings is 1. The molecule has 0 unspecified atom stereocenters. The van der Waals surface area contributed by atoms with Crippen LogP contribution in [0.2, 0.25) is 5.02 Å². The monoisotopic (exact) mass is 472 g/mol. The molecule has 2 aliphatic carbocycles. The lowest BCUT2D eigenvalue weighted by Crippen LogP contribution is -2.46. The molecule has 0 heterocycles. The maximum atomic E-state index is 13.5. The Hall–Kier alpha value is -2.07. The summed E-state index contributed by atoms with van der Waals surface area (Å²) < 4.78 is 11.0. The molecule has 0 bridgehead atoms. The second-order valence-corrected chi connectivity index (χ2v) is 9.50. The molecular weight excluding hydrogens is 436 g/mol. The molecule has 2 aliphatic rings. The van der Waals surface area contributed by atoms with Crippen LogP contribution in [0.15, 0.2) is 42.0 Å². The highest BCUT2D eigenvalue weighted by Crippen LogP contribution is 2.55. The van der Waals surface area contributed by atoms with Crippen LogP contribution in [0.3, 0.4) is 0 Å². The summed E-state index contributed by atoms with van der Waals surface area (Å²) in [6.07, 6.45) is 15.5. The van der Waals surface area contributed by atoms with Gasteiger partial charge < -0.3 is 9.47 Å². The van der Waals surface area contributed by atoms with E-state index in [0.717, 1.165) is 36.8 Å². The first-order chi connectivity index (χ1) is 16.0. The van der Waals surface area contributed by atoms with Crippen molar-refractivity contribution >= 4 is 29.6 Å². The van der Waals surface area contributed by atoms with Crippen molar-refractivity contribution in [1.29, 1.82) is 0 Å². The number of rotatable bonds is 5. The van der Waals surface area contributed by atoms with Crippen molar-refractivity contribution in [2.45, 2.75) is 71.6 Å².